The van der Waals surface area contributed by atoms with Gasteiger partial charge in [-0.2, -0.15) is 0 Å². The molecule has 1 fully saturated rings. The van der Waals surface area contributed by atoms with Crippen LogP contribution in [-0.2, 0) is 16.4 Å². The van der Waals surface area contributed by atoms with Crippen molar-refractivity contribution >= 4 is 26.8 Å². The van der Waals surface area contributed by atoms with Gasteiger partial charge in [0, 0.05) is 18.2 Å². The predicted octanol–water partition coefficient (Wildman–Crippen LogP) is 3.22. The molecule has 0 bridgehead atoms. The number of hydrogen-bond donors (Lipinski definition) is 1. The summed E-state index contributed by atoms with van der Waals surface area (Å²) in [6.45, 7) is 7.39. The number of rotatable bonds is 9. The van der Waals surface area contributed by atoms with Crippen LogP contribution in [0.25, 0.3) is 22.6 Å². The molecule has 0 amide bonds. The van der Waals surface area contributed by atoms with Crippen LogP contribution in [0.5, 0.6) is 5.88 Å². The average Bonchev–Trinajstić information content (AvgIpc) is 3.77. The lowest BCUT2D eigenvalue weighted by molar-refractivity contribution is 0.397. The predicted molar refractivity (Wildman–Crippen MR) is 146 cm³/mol. The number of methoxy groups -OCH3 is 1. The van der Waals surface area contributed by atoms with Crippen LogP contribution in [0.15, 0.2) is 34.3 Å². The van der Waals surface area contributed by atoms with E-state index in [-0.39, 0.29) is 34.6 Å². The van der Waals surface area contributed by atoms with E-state index in [1.54, 1.807) is 24.7 Å². The summed E-state index contributed by atoms with van der Waals surface area (Å²) in [5, 5.41) is 3.06. The molecule has 0 aliphatic heterocycles. The van der Waals surface area contributed by atoms with Crippen molar-refractivity contribution in [3.63, 3.8) is 0 Å². The normalized spacial score (nSPS) is 13.7. The third kappa shape index (κ3) is 5.05. The van der Waals surface area contributed by atoms with Gasteiger partial charge in [0.15, 0.2) is 27.1 Å². The lowest BCUT2D eigenvalue weighted by atomic mass is 10.1. The number of ether oxygens (including phenoxy) is 1. The highest BCUT2D eigenvalue weighted by molar-refractivity contribution is 7.91. The van der Waals surface area contributed by atoms with Gasteiger partial charge in [0.1, 0.15) is 17.4 Å². The molecule has 12 nitrogen and oxygen atoms in total. The highest BCUT2D eigenvalue weighted by atomic mass is 32.2. The summed E-state index contributed by atoms with van der Waals surface area (Å²) in [5.74, 6) is 1.21. The zero-order valence-corrected chi connectivity index (χ0v) is 23.3. The van der Waals surface area contributed by atoms with Crippen molar-refractivity contribution in [1.29, 1.82) is 0 Å². The fourth-order valence-corrected chi connectivity index (χ4v) is 5.20. The van der Waals surface area contributed by atoms with Gasteiger partial charge in [0.2, 0.25) is 5.88 Å². The first-order valence-corrected chi connectivity index (χ1v) is 14.4. The van der Waals surface area contributed by atoms with E-state index in [4.69, 9.17) is 14.7 Å². The molecular formula is C26H30N8O4S. The molecule has 1 N–H and O–H groups in total. The van der Waals surface area contributed by atoms with Gasteiger partial charge in [-0.1, -0.05) is 6.92 Å². The summed E-state index contributed by atoms with van der Waals surface area (Å²) in [5.41, 5.74) is 3.18. The Kier molecular flexibility index (Phi) is 7.02. The van der Waals surface area contributed by atoms with Crippen molar-refractivity contribution in [3.05, 3.63) is 52.1 Å². The molecule has 5 rings (SSSR count). The number of nitrogens with zero attached hydrogens (tertiary/aromatic N) is 7. The van der Waals surface area contributed by atoms with Crippen LogP contribution in [-0.4, -0.2) is 55.8 Å². The summed E-state index contributed by atoms with van der Waals surface area (Å²) >= 11 is 0. The van der Waals surface area contributed by atoms with Crippen molar-refractivity contribution in [3.8, 4) is 17.3 Å². The molecule has 204 valence electrons. The van der Waals surface area contributed by atoms with Crippen LogP contribution >= 0.6 is 0 Å². The zero-order valence-electron chi connectivity index (χ0n) is 22.5. The van der Waals surface area contributed by atoms with E-state index >= 15 is 0 Å². The Morgan fingerprint density at radius 2 is 1.90 bits per heavy atom. The minimum Gasteiger partial charge on any atom is -0.480 e. The van der Waals surface area contributed by atoms with Gasteiger partial charge in [0.25, 0.3) is 5.56 Å². The third-order valence-electron chi connectivity index (χ3n) is 6.63. The van der Waals surface area contributed by atoms with Crippen molar-refractivity contribution in [2.45, 2.75) is 63.9 Å². The van der Waals surface area contributed by atoms with E-state index in [9.17, 15) is 13.2 Å². The van der Waals surface area contributed by atoms with Crippen LogP contribution in [0.2, 0.25) is 0 Å². The smallest absolute Gasteiger partial charge is 0.295 e. The molecule has 0 unspecified atom stereocenters. The summed E-state index contributed by atoms with van der Waals surface area (Å²) in [4.78, 5) is 40.9. The number of sulfone groups is 1. The minimum absolute atomic E-state index is 0.00284. The molecule has 13 heteroatoms. The van der Waals surface area contributed by atoms with E-state index in [2.05, 4.69) is 25.3 Å². The second-order valence-corrected chi connectivity index (χ2v) is 12.0. The van der Waals surface area contributed by atoms with Crippen LogP contribution in [0.3, 0.4) is 0 Å². The minimum atomic E-state index is -3.34. The lowest BCUT2D eigenvalue weighted by Gasteiger charge is -2.17. The first-order chi connectivity index (χ1) is 18.6. The second kappa shape index (κ2) is 10.3. The molecule has 39 heavy (non-hydrogen) atoms. The van der Waals surface area contributed by atoms with Gasteiger partial charge < -0.3 is 10.1 Å². The number of aromatic nitrogens is 7. The molecule has 4 aromatic rings. The quantitative estimate of drug-likeness (QED) is 0.326. The van der Waals surface area contributed by atoms with Crippen molar-refractivity contribution in [2.24, 2.45) is 0 Å². The molecule has 1 aliphatic rings. The number of anilines is 1. The Balaban J connectivity index is 1.56. The van der Waals surface area contributed by atoms with Crippen LogP contribution < -0.4 is 15.6 Å². The first kappa shape index (κ1) is 26.6. The maximum absolute atomic E-state index is 13.6. The van der Waals surface area contributed by atoms with Gasteiger partial charge >= 0.3 is 0 Å². The van der Waals surface area contributed by atoms with E-state index in [1.165, 1.54) is 18.6 Å². The lowest BCUT2D eigenvalue weighted by Crippen LogP contribution is -2.28. The number of aryl methyl sites for hydroxylation is 1. The number of hydrogen-bond acceptors (Lipinski definition) is 11. The van der Waals surface area contributed by atoms with E-state index in [1.807, 2.05) is 20.8 Å². The summed E-state index contributed by atoms with van der Waals surface area (Å²) in [7, 11) is -1.80. The Morgan fingerprint density at radius 1 is 1.13 bits per heavy atom. The SMILES string of the molecule is CCS(=O)(=O)c1ccc(CNc2nc3c(C)nc(-c4c(OC)ncnc4C4CC4)nc3n(C(C)C)c2=O)nc1. The average molecular weight is 551 g/mol. The van der Waals surface area contributed by atoms with Crippen molar-refractivity contribution < 1.29 is 13.2 Å². The maximum Gasteiger partial charge on any atom is 0.295 e. The maximum atomic E-state index is 13.6. The highest BCUT2D eigenvalue weighted by Crippen LogP contribution is 2.45. The molecule has 1 aliphatic carbocycles. The molecule has 0 saturated heterocycles. The fourth-order valence-electron chi connectivity index (χ4n) is 4.38. The molecule has 1 saturated carbocycles. The summed E-state index contributed by atoms with van der Waals surface area (Å²) in [6.07, 6.45) is 4.86. The van der Waals surface area contributed by atoms with Gasteiger partial charge in [-0.3, -0.25) is 14.3 Å². The Morgan fingerprint density at radius 3 is 2.51 bits per heavy atom. The van der Waals surface area contributed by atoms with Gasteiger partial charge in [-0.05, 0) is 45.7 Å². The molecule has 4 heterocycles. The second-order valence-electron chi connectivity index (χ2n) is 9.69. The summed E-state index contributed by atoms with van der Waals surface area (Å²) < 4.78 is 31.2. The molecule has 0 atom stereocenters. The monoisotopic (exact) mass is 550 g/mol. The topological polar surface area (TPSA) is 155 Å². The Hall–Kier alpha value is -4.00. The molecule has 0 aromatic carbocycles. The molecule has 0 spiro atoms. The van der Waals surface area contributed by atoms with Crippen molar-refractivity contribution in [2.75, 3.05) is 18.2 Å². The van der Waals surface area contributed by atoms with Crippen LogP contribution in [0.4, 0.5) is 5.82 Å². The Bertz CT molecular complexity index is 1720. The van der Waals surface area contributed by atoms with Gasteiger partial charge in [-0.15, -0.1) is 0 Å². The van der Waals surface area contributed by atoms with Gasteiger partial charge in [-0.25, -0.2) is 33.3 Å². The van der Waals surface area contributed by atoms with E-state index in [0.717, 1.165) is 18.5 Å². The molecule has 4 aromatic heterocycles. The number of pyridine rings is 1. The first-order valence-electron chi connectivity index (χ1n) is 12.8. The van der Waals surface area contributed by atoms with Crippen molar-refractivity contribution in [1.82, 2.24) is 34.5 Å². The largest absolute Gasteiger partial charge is 0.480 e. The third-order valence-corrected chi connectivity index (χ3v) is 8.35. The molecular weight excluding hydrogens is 520 g/mol. The van der Waals surface area contributed by atoms with Crippen LogP contribution in [0.1, 0.15) is 62.7 Å². The highest BCUT2D eigenvalue weighted by Gasteiger charge is 2.32. The number of nitrogens with one attached hydrogen (secondary N) is 1. The van der Waals surface area contributed by atoms with Crippen LogP contribution in [0, 0.1) is 6.92 Å². The number of fused-ring (bicyclic) bond motifs is 1. The molecule has 0 radical (unpaired) electrons. The van der Waals surface area contributed by atoms with E-state index < -0.39 is 9.84 Å². The Labute approximate surface area is 225 Å². The summed E-state index contributed by atoms with van der Waals surface area (Å²) in [6, 6.07) is 2.91. The van der Waals surface area contributed by atoms with Gasteiger partial charge in [0.05, 0.1) is 41.4 Å². The van der Waals surface area contributed by atoms with E-state index in [0.29, 0.717) is 45.7 Å². The fraction of sp³-hybridized carbons (Fsp3) is 0.423. The zero-order chi connectivity index (χ0) is 27.9. The standard InChI is InChI=1S/C26H30N8O4S/c1-6-39(36,37)18-10-9-17(27-12-18)11-28-23-26(35)34(14(2)3)24-20(32-23)15(4)31-22(33-24)19-21(16-7-8-16)29-13-30-25(19)38-5/h9-10,12-14,16H,6-8,11H2,1-5H3,(H,28,32).